The molecule has 148 valence electrons. The van der Waals surface area contributed by atoms with Gasteiger partial charge in [-0.2, -0.15) is 0 Å². The second-order valence-corrected chi connectivity index (χ2v) is 8.62. The Balaban J connectivity index is 1.73. The largest absolute Gasteiger partial charge is 0.398 e. The number of aromatic nitrogens is 1. The molecule has 1 aliphatic heterocycles. The molecule has 1 spiro atoms. The van der Waals surface area contributed by atoms with E-state index in [1.54, 1.807) is 32.2 Å². The van der Waals surface area contributed by atoms with E-state index >= 15 is 4.39 Å². The first-order valence-electron chi connectivity index (χ1n) is 9.42. The maximum absolute atomic E-state index is 15.4. The summed E-state index contributed by atoms with van der Waals surface area (Å²) in [5.41, 5.74) is 6.92. The number of benzene rings is 1. The average Bonchev–Trinajstić information content (AvgIpc) is 3.30. The van der Waals surface area contributed by atoms with Crippen molar-refractivity contribution in [2.24, 2.45) is 0 Å². The van der Waals surface area contributed by atoms with E-state index in [1.807, 2.05) is 6.07 Å². The van der Waals surface area contributed by atoms with Crippen LogP contribution in [-0.2, 0) is 5.41 Å². The fourth-order valence-corrected chi connectivity index (χ4v) is 3.98. The molecule has 0 atom stereocenters. The lowest BCUT2D eigenvalue weighted by Crippen LogP contribution is -2.40. The zero-order valence-electron chi connectivity index (χ0n) is 16.3. The number of carbonyl (C=O) groups excluding carboxylic acids is 1. The van der Waals surface area contributed by atoms with Gasteiger partial charge in [0, 0.05) is 54.1 Å². The molecule has 0 bridgehead atoms. The fourth-order valence-electron chi connectivity index (χ4n) is 3.98. The highest BCUT2D eigenvalue weighted by atomic mass is 19.1. The van der Waals surface area contributed by atoms with Gasteiger partial charge in [-0.1, -0.05) is 0 Å². The summed E-state index contributed by atoms with van der Waals surface area (Å²) in [6, 6.07) is 5.10. The Kier molecular flexibility index (Phi) is 4.12. The van der Waals surface area contributed by atoms with Crippen LogP contribution in [0.1, 0.15) is 42.6 Å². The normalized spacial score (nSPS) is 16.6. The van der Waals surface area contributed by atoms with Gasteiger partial charge in [0.15, 0.2) is 0 Å². The van der Waals surface area contributed by atoms with Crippen molar-refractivity contribution in [2.45, 2.75) is 37.7 Å². The van der Waals surface area contributed by atoms with Crippen molar-refractivity contribution < 1.29 is 14.3 Å². The second kappa shape index (κ2) is 6.17. The van der Waals surface area contributed by atoms with Crippen LogP contribution in [0.25, 0.3) is 11.1 Å². The second-order valence-electron chi connectivity index (χ2n) is 8.62. The van der Waals surface area contributed by atoms with Gasteiger partial charge in [-0.25, -0.2) is 9.37 Å². The number of anilines is 2. The smallest absolute Gasteiger partial charge is 0.258 e. The average molecular weight is 384 g/mol. The number of halogens is 1. The number of nitrogens with two attached hydrogens (primary N) is 1. The number of aliphatic hydroxyl groups is 1. The Morgan fingerprint density at radius 2 is 2.14 bits per heavy atom. The summed E-state index contributed by atoms with van der Waals surface area (Å²) < 4.78 is 15.4. The summed E-state index contributed by atoms with van der Waals surface area (Å²) in [6.07, 6.45) is 3.83. The fraction of sp³-hybridized carbons (Fsp3) is 0.429. The standard InChI is InChI=1S/C21H25FN4O2/c1-20(2,28)11-26(3)19(27)16-15(23)5-4-13(17(16)22)12-8-14-18(24-9-12)25-10-21(14)6-7-21/h4-5,8-9,28H,6-7,10-11,23H2,1-3H3,(H,24,25). The van der Waals surface area contributed by atoms with Crippen molar-refractivity contribution in [2.75, 3.05) is 31.2 Å². The third kappa shape index (κ3) is 3.09. The Labute approximate surface area is 163 Å². The number of hydrogen-bond acceptors (Lipinski definition) is 5. The van der Waals surface area contributed by atoms with Crippen LogP contribution in [0.3, 0.4) is 0 Å². The van der Waals surface area contributed by atoms with Crippen LogP contribution in [-0.4, -0.2) is 46.6 Å². The number of pyridine rings is 1. The van der Waals surface area contributed by atoms with Gasteiger partial charge in [0.2, 0.25) is 0 Å². The van der Waals surface area contributed by atoms with E-state index in [2.05, 4.69) is 10.3 Å². The van der Waals surface area contributed by atoms with Crippen molar-refractivity contribution in [1.29, 1.82) is 0 Å². The molecule has 4 rings (SSSR count). The molecule has 2 aliphatic rings. The predicted octanol–water partition coefficient (Wildman–Crippen LogP) is 2.77. The van der Waals surface area contributed by atoms with E-state index < -0.39 is 17.3 Å². The number of nitrogens with one attached hydrogen (secondary N) is 1. The van der Waals surface area contributed by atoms with Gasteiger partial charge in [0.25, 0.3) is 5.91 Å². The van der Waals surface area contributed by atoms with Crippen molar-refractivity contribution in [3.8, 4) is 11.1 Å². The van der Waals surface area contributed by atoms with E-state index in [4.69, 9.17) is 5.73 Å². The number of amides is 1. The van der Waals surface area contributed by atoms with Crippen LogP contribution in [0.2, 0.25) is 0 Å². The summed E-state index contributed by atoms with van der Waals surface area (Å²) in [7, 11) is 1.52. The van der Waals surface area contributed by atoms with Crippen LogP contribution >= 0.6 is 0 Å². The highest BCUT2D eigenvalue weighted by Crippen LogP contribution is 2.54. The lowest BCUT2D eigenvalue weighted by atomic mass is 9.95. The Bertz CT molecular complexity index is 964. The molecule has 1 aromatic carbocycles. The summed E-state index contributed by atoms with van der Waals surface area (Å²) in [5, 5.41) is 13.3. The van der Waals surface area contributed by atoms with E-state index in [0.717, 1.165) is 30.8 Å². The van der Waals surface area contributed by atoms with Gasteiger partial charge in [0.05, 0.1) is 11.2 Å². The van der Waals surface area contributed by atoms with Crippen LogP contribution in [0, 0.1) is 5.82 Å². The van der Waals surface area contributed by atoms with Gasteiger partial charge in [-0.15, -0.1) is 0 Å². The van der Waals surface area contributed by atoms with Crippen LogP contribution in [0.5, 0.6) is 0 Å². The molecule has 7 heteroatoms. The number of carbonyl (C=O) groups is 1. The molecule has 1 amide bonds. The zero-order valence-corrected chi connectivity index (χ0v) is 16.3. The quantitative estimate of drug-likeness (QED) is 0.705. The molecular formula is C21H25FN4O2. The summed E-state index contributed by atoms with van der Waals surface area (Å²) in [4.78, 5) is 18.6. The topological polar surface area (TPSA) is 91.5 Å². The first kappa shape index (κ1) is 18.7. The summed E-state index contributed by atoms with van der Waals surface area (Å²) in [6.45, 7) is 4.10. The van der Waals surface area contributed by atoms with Crippen LogP contribution in [0.15, 0.2) is 24.4 Å². The maximum atomic E-state index is 15.4. The number of rotatable bonds is 4. The zero-order chi connectivity index (χ0) is 20.3. The Morgan fingerprint density at radius 3 is 2.79 bits per heavy atom. The highest BCUT2D eigenvalue weighted by Gasteiger charge is 2.49. The molecule has 0 saturated heterocycles. The molecule has 1 fully saturated rings. The molecule has 2 aromatic rings. The van der Waals surface area contributed by atoms with E-state index in [1.165, 1.54) is 11.9 Å². The predicted molar refractivity (Wildman–Crippen MR) is 107 cm³/mol. The van der Waals surface area contributed by atoms with Crippen LogP contribution < -0.4 is 11.1 Å². The van der Waals surface area contributed by atoms with E-state index in [9.17, 15) is 9.90 Å². The van der Waals surface area contributed by atoms with Gasteiger partial charge < -0.3 is 21.1 Å². The molecule has 6 nitrogen and oxygen atoms in total. The molecule has 28 heavy (non-hydrogen) atoms. The third-order valence-electron chi connectivity index (χ3n) is 5.58. The first-order valence-corrected chi connectivity index (χ1v) is 9.42. The van der Waals surface area contributed by atoms with Gasteiger partial charge in [0.1, 0.15) is 11.6 Å². The molecule has 2 heterocycles. The van der Waals surface area contributed by atoms with Gasteiger partial charge in [-0.3, -0.25) is 4.79 Å². The van der Waals surface area contributed by atoms with Gasteiger partial charge in [-0.05, 0) is 44.9 Å². The molecule has 0 unspecified atom stereocenters. The molecular weight excluding hydrogens is 359 g/mol. The molecule has 1 saturated carbocycles. The number of fused-ring (bicyclic) bond motifs is 2. The minimum Gasteiger partial charge on any atom is -0.398 e. The molecule has 1 aromatic heterocycles. The lowest BCUT2D eigenvalue weighted by molar-refractivity contribution is 0.0366. The molecule has 4 N–H and O–H groups in total. The number of nitrogens with zero attached hydrogens (tertiary/aromatic N) is 2. The van der Waals surface area contributed by atoms with Crippen molar-refractivity contribution in [3.63, 3.8) is 0 Å². The maximum Gasteiger partial charge on any atom is 0.258 e. The first-order chi connectivity index (χ1) is 13.1. The number of hydrogen-bond donors (Lipinski definition) is 3. The highest BCUT2D eigenvalue weighted by molar-refractivity contribution is 6.00. The summed E-state index contributed by atoms with van der Waals surface area (Å²) >= 11 is 0. The summed E-state index contributed by atoms with van der Waals surface area (Å²) in [5.74, 6) is -0.364. The molecule has 0 radical (unpaired) electrons. The minimum atomic E-state index is -1.09. The van der Waals surface area contributed by atoms with E-state index in [-0.39, 0.29) is 23.2 Å². The van der Waals surface area contributed by atoms with Gasteiger partial charge >= 0.3 is 0 Å². The minimum absolute atomic E-state index is 0.0591. The lowest BCUT2D eigenvalue weighted by Gasteiger charge is -2.26. The Hall–Kier alpha value is -2.67. The monoisotopic (exact) mass is 384 g/mol. The SMILES string of the molecule is CN(CC(C)(C)O)C(=O)c1c(N)ccc(-c2cnc3c(c2)C2(CC2)CN3)c1F. The third-order valence-corrected chi connectivity index (χ3v) is 5.58. The van der Waals surface area contributed by atoms with E-state index in [0.29, 0.717) is 11.1 Å². The molecule has 1 aliphatic carbocycles. The van der Waals surface area contributed by atoms with Crippen LogP contribution in [0.4, 0.5) is 15.9 Å². The van der Waals surface area contributed by atoms with Crippen molar-refractivity contribution in [3.05, 3.63) is 41.3 Å². The van der Waals surface area contributed by atoms with Crippen molar-refractivity contribution >= 4 is 17.4 Å². The Morgan fingerprint density at radius 1 is 1.43 bits per heavy atom. The van der Waals surface area contributed by atoms with Crippen molar-refractivity contribution in [1.82, 2.24) is 9.88 Å². The number of nitrogen functional groups attached to an aromatic ring is 1. The number of likely N-dealkylation sites (N-methyl/N-ethyl adjacent to an activating group) is 1.